The molecule has 21 heavy (non-hydrogen) atoms. The molecule has 0 bridgehead atoms. The van der Waals surface area contributed by atoms with Gasteiger partial charge in [0.25, 0.3) is 0 Å². The van der Waals surface area contributed by atoms with E-state index in [0.717, 1.165) is 31.6 Å². The van der Waals surface area contributed by atoms with Crippen molar-refractivity contribution >= 4 is 15.7 Å². The fourth-order valence-corrected chi connectivity index (χ4v) is 3.37. The first kappa shape index (κ1) is 16.3. The molecule has 1 heterocycles. The van der Waals surface area contributed by atoms with E-state index in [4.69, 9.17) is 4.74 Å². The third-order valence-corrected chi connectivity index (χ3v) is 5.66. The zero-order chi connectivity index (χ0) is 15.5. The second-order valence-corrected chi connectivity index (χ2v) is 7.73. The van der Waals surface area contributed by atoms with Crippen LogP contribution >= 0.6 is 0 Å². The number of hydrogen-bond donors (Lipinski definition) is 1. The van der Waals surface area contributed by atoms with Crippen LogP contribution < -0.4 is 5.32 Å². The molecule has 0 aromatic heterocycles. The SMILES string of the molecule is CCC1CC(Nc2ccc(S(=O)(=O)N(C)C)cc2)CCO1. The Hall–Kier alpha value is -1.11. The summed E-state index contributed by atoms with van der Waals surface area (Å²) in [4.78, 5) is 0.316. The van der Waals surface area contributed by atoms with Crippen molar-refractivity contribution in [1.82, 2.24) is 4.31 Å². The summed E-state index contributed by atoms with van der Waals surface area (Å²) in [5, 5.41) is 3.46. The summed E-state index contributed by atoms with van der Waals surface area (Å²) < 4.78 is 30.9. The molecule has 5 nitrogen and oxygen atoms in total. The van der Waals surface area contributed by atoms with E-state index >= 15 is 0 Å². The molecule has 118 valence electrons. The maximum absolute atomic E-state index is 12.0. The van der Waals surface area contributed by atoms with Crippen LogP contribution in [0.4, 0.5) is 5.69 Å². The van der Waals surface area contributed by atoms with Crippen molar-refractivity contribution in [3.8, 4) is 0 Å². The van der Waals surface area contributed by atoms with Crippen LogP contribution in [-0.2, 0) is 14.8 Å². The van der Waals surface area contributed by atoms with Gasteiger partial charge in [-0.05, 0) is 43.5 Å². The minimum absolute atomic E-state index is 0.316. The highest BCUT2D eigenvalue weighted by molar-refractivity contribution is 7.89. The van der Waals surface area contributed by atoms with Gasteiger partial charge in [0.05, 0.1) is 11.0 Å². The molecule has 0 aliphatic carbocycles. The second kappa shape index (κ2) is 6.77. The van der Waals surface area contributed by atoms with Gasteiger partial charge in [-0.3, -0.25) is 0 Å². The molecule has 1 aliphatic heterocycles. The number of rotatable bonds is 5. The predicted molar refractivity (Wildman–Crippen MR) is 84.0 cm³/mol. The second-order valence-electron chi connectivity index (χ2n) is 5.58. The topological polar surface area (TPSA) is 58.6 Å². The predicted octanol–water partition coefficient (Wildman–Crippen LogP) is 2.31. The maximum atomic E-state index is 12.0. The average Bonchev–Trinajstić information content (AvgIpc) is 2.48. The van der Waals surface area contributed by atoms with Gasteiger partial charge in [0.15, 0.2) is 0 Å². The summed E-state index contributed by atoms with van der Waals surface area (Å²) in [6, 6.07) is 7.34. The van der Waals surface area contributed by atoms with Gasteiger partial charge in [-0.15, -0.1) is 0 Å². The Morgan fingerprint density at radius 1 is 1.29 bits per heavy atom. The molecule has 1 aromatic carbocycles. The van der Waals surface area contributed by atoms with E-state index in [-0.39, 0.29) is 0 Å². The molecular formula is C15H24N2O3S. The summed E-state index contributed by atoms with van der Waals surface area (Å²) in [6.45, 7) is 2.91. The molecule has 1 fully saturated rings. The van der Waals surface area contributed by atoms with E-state index < -0.39 is 10.0 Å². The quantitative estimate of drug-likeness (QED) is 0.906. The molecule has 0 radical (unpaired) electrons. The van der Waals surface area contributed by atoms with Crippen LogP contribution in [0, 0.1) is 0 Å². The summed E-state index contributed by atoms with van der Waals surface area (Å²) in [5.74, 6) is 0. The van der Waals surface area contributed by atoms with Gasteiger partial charge in [0.2, 0.25) is 10.0 Å². The van der Waals surface area contributed by atoms with Gasteiger partial charge in [-0.1, -0.05) is 6.92 Å². The number of nitrogens with one attached hydrogen (secondary N) is 1. The van der Waals surface area contributed by atoms with Crippen molar-refractivity contribution in [1.29, 1.82) is 0 Å². The van der Waals surface area contributed by atoms with Gasteiger partial charge in [0, 0.05) is 32.4 Å². The lowest BCUT2D eigenvalue weighted by molar-refractivity contribution is 0.00925. The molecule has 0 spiro atoms. The largest absolute Gasteiger partial charge is 0.382 e. The van der Waals surface area contributed by atoms with Crippen LogP contribution in [0.5, 0.6) is 0 Å². The molecule has 2 unspecified atom stereocenters. The van der Waals surface area contributed by atoms with Gasteiger partial charge in [-0.2, -0.15) is 0 Å². The standard InChI is InChI=1S/C15H24N2O3S/c1-4-14-11-13(9-10-20-14)16-12-5-7-15(8-6-12)21(18,19)17(2)3/h5-8,13-14,16H,4,9-11H2,1-3H3. The third kappa shape index (κ3) is 3.96. The van der Waals surface area contributed by atoms with E-state index in [1.54, 1.807) is 12.1 Å². The Bertz CT molecular complexity index is 555. The molecular weight excluding hydrogens is 288 g/mol. The van der Waals surface area contributed by atoms with Crippen molar-refractivity contribution in [3.05, 3.63) is 24.3 Å². The molecule has 6 heteroatoms. The summed E-state index contributed by atoms with van der Waals surface area (Å²) in [7, 11) is -0.282. The maximum Gasteiger partial charge on any atom is 0.242 e. The van der Waals surface area contributed by atoms with Crippen molar-refractivity contribution < 1.29 is 13.2 Å². The van der Waals surface area contributed by atoms with Crippen LogP contribution in [0.25, 0.3) is 0 Å². The Kier molecular flexibility index (Phi) is 5.24. The average molecular weight is 312 g/mol. The lowest BCUT2D eigenvalue weighted by Crippen LogP contribution is -2.33. The highest BCUT2D eigenvalue weighted by Crippen LogP contribution is 2.22. The molecule has 1 N–H and O–H groups in total. The lowest BCUT2D eigenvalue weighted by atomic mass is 10.0. The highest BCUT2D eigenvalue weighted by Gasteiger charge is 2.21. The van der Waals surface area contributed by atoms with Crippen molar-refractivity contribution in [3.63, 3.8) is 0 Å². The first-order valence-corrected chi connectivity index (χ1v) is 8.78. The minimum Gasteiger partial charge on any atom is -0.382 e. The Balaban J connectivity index is 2.03. The summed E-state index contributed by atoms with van der Waals surface area (Å²) in [6.07, 6.45) is 3.32. The highest BCUT2D eigenvalue weighted by atomic mass is 32.2. The van der Waals surface area contributed by atoms with E-state index in [2.05, 4.69) is 12.2 Å². The molecule has 1 saturated heterocycles. The van der Waals surface area contributed by atoms with Crippen molar-refractivity contribution in [2.75, 3.05) is 26.0 Å². The number of ether oxygens (including phenoxy) is 1. The fraction of sp³-hybridized carbons (Fsp3) is 0.600. The van der Waals surface area contributed by atoms with Gasteiger partial charge < -0.3 is 10.1 Å². The molecule has 0 amide bonds. The molecule has 1 aliphatic rings. The normalized spacial score (nSPS) is 23.2. The Morgan fingerprint density at radius 3 is 2.52 bits per heavy atom. The van der Waals surface area contributed by atoms with E-state index in [1.807, 2.05) is 12.1 Å². The molecule has 2 rings (SSSR count). The van der Waals surface area contributed by atoms with Gasteiger partial charge in [0.1, 0.15) is 0 Å². The van der Waals surface area contributed by atoms with Gasteiger partial charge in [-0.25, -0.2) is 12.7 Å². The number of hydrogen-bond acceptors (Lipinski definition) is 4. The zero-order valence-electron chi connectivity index (χ0n) is 12.9. The monoisotopic (exact) mass is 312 g/mol. The lowest BCUT2D eigenvalue weighted by Gasteiger charge is -2.30. The fourth-order valence-electron chi connectivity index (χ4n) is 2.47. The summed E-state index contributed by atoms with van der Waals surface area (Å²) in [5.41, 5.74) is 0.953. The van der Waals surface area contributed by atoms with E-state index in [9.17, 15) is 8.42 Å². The van der Waals surface area contributed by atoms with Crippen LogP contribution in [0.15, 0.2) is 29.2 Å². The smallest absolute Gasteiger partial charge is 0.242 e. The van der Waals surface area contributed by atoms with Crippen LogP contribution in [0.1, 0.15) is 26.2 Å². The van der Waals surface area contributed by atoms with Crippen molar-refractivity contribution in [2.24, 2.45) is 0 Å². The third-order valence-electron chi connectivity index (χ3n) is 3.83. The summed E-state index contributed by atoms with van der Waals surface area (Å²) >= 11 is 0. The molecule has 1 aromatic rings. The van der Waals surface area contributed by atoms with E-state index in [0.29, 0.717) is 17.0 Å². The van der Waals surface area contributed by atoms with Gasteiger partial charge >= 0.3 is 0 Å². The van der Waals surface area contributed by atoms with Crippen LogP contribution in [0.3, 0.4) is 0 Å². The van der Waals surface area contributed by atoms with E-state index in [1.165, 1.54) is 18.4 Å². The Labute approximate surface area is 127 Å². The first-order valence-electron chi connectivity index (χ1n) is 7.34. The zero-order valence-corrected chi connectivity index (χ0v) is 13.7. The number of sulfonamides is 1. The minimum atomic E-state index is -3.35. The molecule has 0 saturated carbocycles. The van der Waals surface area contributed by atoms with Crippen LogP contribution in [-0.4, -0.2) is 45.6 Å². The Morgan fingerprint density at radius 2 is 1.95 bits per heavy atom. The number of nitrogens with zero attached hydrogens (tertiary/aromatic N) is 1. The number of anilines is 1. The first-order chi connectivity index (χ1) is 9.93. The van der Waals surface area contributed by atoms with Crippen LogP contribution in [0.2, 0.25) is 0 Å². The van der Waals surface area contributed by atoms with Crippen molar-refractivity contribution in [2.45, 2.75) is 43.2 Å². The molecule has 2 atom stereocenters. The number of benzene rings is 1.